The zero-order chi connectivity index (χ0) is 16.6. The van der Waals surface area contributed by atoms with Crippen LogP contribution in [0.1, 0.15) is 50.8 Å². The normalized spacial score (nSPS) is 20.6. The van der Waals surface area contributed by atoms with Crippen LogP contribution in [0.25, 0.3) is 0 Å². The molecule has 0 saturated carbocycles. The van der Waals surface area contributed by atoms with Crippen molar-refractivity contribution in [1.82, 2.24) is 9.80 Å². The largest absolute Gasteiger partial charge is 0.444 e. The molecule has 1 aromatic carbocycles. The summed E-state index contributed by atoms with van der Waals surface area (Å²) in [4.78, 5) is 29.0. The van der Waals surface area contributed by atoms with Gasteiger partial charge in [0.2, 0.25) is 5.91 Å². The van der Waals surface area contributed by atoms with Gasteiger partial charge in [0.1, 0.15) is 11.6 Å². The second-order valence-electron chi connectivity index (χ2n) is 7.24. The van der Waals surface area contributed by atoms with E-state index in [9.17, 15) is 9.59 Å². The van der Waals surface area contributed by atoms with Gasteiger partial charge in [-0.05, 0) is 44.7 Å². The molecule has 2 amide bonds. The third-order valence-corrected chi connectivity index (χ3v) is 4.28. The van der Waals surface area contributed by atoms with Crippen molar-refractivity contribution in [3.63, 3.8) is 0 Å². The predicted molar refractivity (Wildman–Crippen MR) is 86.8 cm³/mol. The summed E-state index contributed by atoms with van der Waals surface area (Å²) in [7, 11) is 0. The minimum Gasteiger partial charge on any atom is -0.444 e. The average Bonchev–Trinajstić information content (AvgIpc) is 3.12. The number of hydrogen-bond donors (Lipinski definition) is 0. The Labute approximate surface area is 137 Å². The Hall–Kier alpha value is -2.04. The summed E-state index contributed by atoms with van der Waals surface area (Å²) in [6.45, 7) is 7.50. The van der Waals surface area contributed by atoms with Gasteiger partial charge >= 0.3 is 6.09 Å². The lowest BCUT2D eigenvalue weighted by atomic mass is 10.0. The Kier molecular flexibility index (Phi) is 4.04. The molecule has 2 aliphatic rings. The molecule has 0 bridgehead atoms. The number of nitrogens with zero attached hydrogens (tertiary/aromatic N) is 2. The molecule has 5 heteroatoms. The van der Waals surface area contributed by atoms with Crippen LogP contribution in [-0.4, -0.2) is 40.5 Å². The third kappa shape index (κ3) is 3.19. The van der Waals surface area contributed by atoms with E-state index in [-0.39, 0.29) is 5.91 Å². The first kappa shape index (κ1) is 15.8. The topological polar surface area (TPSA) is 49.9 Å². The fourth-order valence-corrected chi connectivity index (χ4v) is 3.25. The van der Waals surface area contributed by atoms with Gasteiger partial charge in [-0.2, -0.15) is 0 Å². The molecule has 5 nitrogen and oxygen atoms in total. The molecular weight excluding hydrogens is 292 g/mol. The highest BCUT2D eigenvalue weighted by molar-refractivity contribution is 5.88. The standard InChI is InChI=1S/C18H24N2O3/c1-18(2,3)23-17(22)20-12-13-8-4-5-9-14(13)15(20)16(21)19-10-6-7-11-19/h4-5,8-9,15H,6-7,10-12H2,1-3H3. The lowest BCUT2D eigenvalue weighted by molar-refractivity contribution is -0.135. The van der Waals surface area contributed by atoms with Crippen LogP contribution < -0.4 is 0 Å². The summed E-state index contributed by atoms with van der Waals surface area (Å²) < 4.78 is 5.51. The van der Waals surface area contributed by atoms with Gasteiger partial charge in [-0.25, -0.2) is 4.79 Å². The molecule has 1 fully saturated rings. The van der Waals surface area contributed by atoms with Crippen molar-refractivity contribution >= 4 is 12.0 Å². The molecule has 23 heavy (non-hydrogen) atoms. The average molecular weight is 316 g/mol. The van der Waals surface area contributed by atoms with Crippen LogP contribution in [0.3, 0.4) is 0 Å². The minimum absolute atomic E-state index is 0.0123. The number of benzene rings is 1. The van der Waals surface area contributed by atoms with E-state index in [4.69, 9.17) is 4.74 Å². The van der Waals surface area contributed by atoms with Crippen molar-refractivity contribution in [2.45, 2.75) is 51.8 Å². The number of carbonyl (C=O) groups is 2. The van der Waals surface area contributed by atoms with E-state index in [0.29, 0.717) is 6.54 Å². The van der Waals surface area contributed by atoms with Crippen molar-refractivity contribution in [1.29, 1.82) is 0 Å². The van der Waals surface area contributed by atoms with Gasteiger partial charge in [-0.3, -0.25) is 9.69 Å². The number of fused-ring (bicyclic) bond motifs is 1. The van der Waals surface area contributed by atoms with Crippen molar-refractivity contribution in [2.75, 3.05) is 13.1 Å². The monoisotopic (exact) mass is 316 g/mol. The molecular formula is C18H24N2O3. The lowest BCUT2D eigenvalue weighted by Gasteiger charge is -2.30. The van der Waals surface area contributed by atoms with Gasteiger partial charge in [-0.1, -0.05) is 24.3 Å². The van der Waals surface area contributed by atoms with E-state index >= 15 is 0 Å². The molecule has 124 valence electrons. The number of amides is 2. The molecule has 2 aliphatic heterocycles. The third-order valence-electron chi connectivity index (χ3n) is 4.28. The maximum atomic E-state index is 13.0. The molecule has 0 aliphatic carbocycles. The van der Waals surface area contributed by atoms with E-state index in [1.54, 1.807) is 4.90 Å². The molecule has 0 N–H and O–H groups in total. The predicted octanol–water partition coefficient (Wildman–Crippen LogP) is 3.10. The quantitative estimate of drug-likeness (QED) is 0.800. The molecule has 1 aromatic rings. The van der Waals surface area contributed by atoms with Gasteiger partial charge in [0.15, 0.2) is 0 Å². The first-order valence-corrected chi connectivity index (χ1v) is 8.23. The van der Waals surface area contributed by atoms with Gasteiger partial charge in [0.25, 0.3) is 0 Å². The summed E-state index contributed by atoms with van der Waals surface area (Å²) in [6, 6.07) is 7.22. The number of likely N-dealkylation sites (tertiary alicyclic amines) is 1. The zero-order valence-electron chi connectivity index (χ0n) is 14.0. The SMILES string of the molecule is CC(C)(C)OC(=O)N1Cc2ccccc2C1C(=O)N1CCCC1. The summed E-state index contributed by atoms with van der Waals surface area (Å²) in [5, 5.41) is 0. The van der Waals surface area contributed by atoms with E-state index in [1.165, 1.54) is 0 Å². The number of rotatable bonds is 1. The molecule has 2 heterocycles. The highest BCUT2D eigenvalue weighted by Crippen LogP contribution is 2.36. The van der Waals surface area contributed by atoms with Gasteiger partial charge in [0, 0.05) is 13.1 Å². The number of carbonyl (C=O) groups excluding carboxylic acids is 2. The second kappa shape index (κ2) is 5.87. The smallest absolute Gasteiger partial charge is 0.411 e. The van der Waals surface area contributed by atoms with Crippen molar-refractivity contribution < 1.29 is 14.3 Å². The Bertz CT molecular complexity index is 615. The molecule has 1 atom stereocenters. The van der Waals surface area contributed by atoms with Crippen LogP contribution in [0, 0.1) is 0 Å². The molecule has 1 unspecified atom stereocenters. The Balaban J connectivity index is 1.89. The first-order valence-electron chi connectivity index (χ1n) is 8.23. The molecule has 3 rings (SSSR count). The number of ether oxygens (including phenoxy) is 1. The summed E-state index contributed by atoms with van der Waals surface area (Å²) in [5.41, 5.74) is 1.37. The van der Waals surface area contributed by atoms with E-state index < -0.39 is 17.7 Å². The summed E-state index contributed by atoms with van der Waals surface area (Å²) in [6.07, 6.45) is 1.64. The zero-order valence-corrected chi connectivity index (χ0v) is 14.0. The second-order valence-corrected chi connectivity index (χ2v) is 7.24. The minimum atomic E-state index is -0.576. The van der Waals surface area contributed by atoms with Crippen LogP contribution in [0.5, 0.6) is 0 Å². The van der Waals surface area contributed by atoms with Crippen molar-refractivity contribution in [3.8, 4) is 0 Å². The van der Waals surface area contributed by atoms with Gasteiger partial charge < -0.3 is 9.64 Å². The van der Waals surface area contributed by atoms with Crippen molar-refractivity contribution in [3.05, 3.63) is 35.4 Å². The van der Waals surface area contributed by atoms with Crippen molar-refractivity contribution in [2.24, 2.45) is 0 Å². The lowest BCUT2D eigenvalue weighted by Crippen LogP contribution is -2.43. The first-order chi connectivity index (χ1) is 10.9. The van der Waals surface area contributed by atoms with Crippen LogP contribution in [-0.2, 0) is 16.1 Å². The van der Waals surface area contributed by atoms with Crippen LogP contribution in [0.4, 0.5) is 4.79 Å². The van der Waals surface area contributed by atoms with E-state index in [1.807, 2.05) is 49.9 Å². The highest BCUT2D eigenvalue weighted by Gasteiger charge is 2.42. The molecule has 0 radical (unpaired) electrons. The highest BCUT2D eigenvalue weighted by atomic mass is 16.6. The van der Waals surface area contributed by atoms with Gasteiger partial charge in [0.05, 0.1) is 6.54 Å². The van der Waals surface area contributed by atoms with E-state index in [0.717, 1.165) is 37.1 Å². The van der Waals surface area contributed by atoms with Crippen LogP contribution in [0.15, 0.2) is 24.3 Å². The summed E-state index contributed by atoms with van der Waals surface area (Å²) >= 11 is 0. The van der Waals surface area contributed by atoms with Gasteiger partial charge in [-0.15, -0.1) is 0 Å². The molecule has 0 aromatic heterocycles. The summed E-state index contributed by atoms with van der Waals surface area (Å²) in [5.74, 6) is 0.0123. The molecule has 1 saturated heterocycles. The Morgan fingerprint density at radius 2 is 1.78 bits per heavy atom. The Morgan fingerprint density at radius 3 is 2.43 bits per heavy atom. The fourth-order valence-electron chi connectivity index (χ4n) is 3.25. The Morgan fingerprint density at radius 1 is 1.13 bits per heavy atom. The fraction of sp³-hybridized carbons (Fsp3) is 0.556. The molecule has 0 spiro atoms. The van der Waals surface area contributed by atoms with E-state index in [2.05, 4.69) is 0 Å². The maximum absolute atomic E-state index is 13.0. The number of hydrogen-bond acceptors (Lipinski definition) is 3. The van der Waals surface area contributed by atoms with Crippen LogP contribution >= 0.6 is 0 Å². The van der Waals surface area contributed by atoms with Crippen LogP contribution in [0.2, 0.25) is 0 Å². The maximum Gasteiger partial charge on any atom is 0.411 e.